The molecule has 1 aliphatic rings. The number of aliphatic hydroxyl groups excluding tert-OH is 1. The molecule has 2 rings (SSSR count). The van der Waals surface area contributed by atoms with Gasteiger partial charge in [0.2, 0.25) is 0 Å². The van der Waals surface area contributed by atoms with Crippen LogP contribution >= 0.6 is 11.6 Å². The van der Waals surface area contributed by atoms with Crippen molar-refractivity contribution in [2.45, 2.75) is 37.8 Å². The summed E-state index contributed by atoms with van der Waals surface area (Å²) in [5, 5.41) is 10.7. The molecule has 3 nitrogen and oxygen atoms in total. The van der Waals surface area contributed by atoms with Gasteiger partial charge in [-0.05, 0) is 31.0 Å². The molecule has 1 fully saturated rings. The number of halogens is 1. The number of aliphatic hydroxyl groups is 1. The van der Waals surface area contributed by atoms with E-state index in [4.69, 9.17) is 17.3 Å². The van der Waals surface area contributed by atoms with Crippen LogP contribution in [0.2, 0.25) is 5.02 Å². The molecule has 0 amide bonds. The Morgan fingerprint density at radius 1 is 1.35 bits per heavy atom. The summed E-state index contributed by atoms with van der Waals surface area (Å²) in [6.45, 7) is 0. The smallest absolute Gasteiger partial charge is 0.0743 e. The molecule has 1 aromatic rings. The van der Waals surface area contributed by atoms with Crippen molar-refractivity contribution >= 4 is 23.0 Å². The summed E-state index contributed by atoms with van der Waals surface area (Å²) in [7, 11) is 1.98. The molecule has 0 aromatic heterocycles. The van der Waals surface area contributed by atoms with E-state index in [9.17, 15) is 5.11 Å². The molecule has 94 valence electrons. The van der Waals surface area contributed by atoms with Crippen molar-refractivity contribution in [3.8, 4) is 0 Å². The van der Waals surface area contributed by atoms with Gasteiger partial charge in [0.15, 0.2) is 0 Å². The normalized spacial score (nSPS) is 24.6. The molecule has 4 heteroatoms. The molecule has 2 atom stereocenters. The van der Waals surface area contributed by atoms with Crippen LogP contribution in [0.25, 0.3) is 0 Å². The Balaban J connectivity index is 2.20. The first-order chi connectivity index (χ1) is 8.09. The van der Waals surface area contributed by atoms with E-state index < -0.39 is 0 Å². The Morgan fingerprint density at radius 2 is 2.06 bits per heavy atom. The number of anilines is 2. The molecular formula is C13H19ClN2O. The second kappa shape index (κ2) is 5.15. The highest BCUT2D eigenvalue weighted by Gasteiger charge is 2.27. The van der Waals surface area contributed by atoms with Crippen molar-refractivity contribution in [1.82, 2.24) is 0 Å². The summed E-state index contributed by atoms with van der Waals surface area (Å²) in [6.07, 6.45) is 3.91. The summed E-state index contributed by atoms with van der Waals surface area (Å²) in [5.41, 5.74) is 7.58. The lowest BCUT2D eigenvalue weighted by molar-refractivity contribution is 0.106. The number of hydrogen-bond acceptors (Lipinski definition) is 3. The van der Waals surface area contributed by atoms with Crippen molar-refractivity contribution < 1.29 is 5.11 Å². The lowest BCUT2D eigenvalue weighted by atomic mass is 9.91. The largest absolute Gasteiger partial charge is 0.397 e. The maximum Gasteiger partial charge on any atom is 0.0743 e. The standard InChI is InChI=1S/C13H19ClN2O/c1-16(12-4-2-3-5-13(12)17)11-7-6-9(14)8-10(11)15/h6-8,12-13,17H,2-5,15H2,1H3. The lowest BCUT2D eigenvalue weighted by Crippen LogP contribution is -2.43. The van der Waals surface area contributed by atoms with Crippen LogP contribution in [0.1, 0.15) is 25.7 Å². The van der Waals surface area contributed by atoms with Crippen LogP contribution in [-0.4, -0.2) is 24.3 Å². The third kappa shape index (κ3) is 2.67. The van der Waals surface area contributed by atoms with Crippen LogP contribution in [0.15, 0.2) is 18.2 Å². The predicted molar refractivity (Wildman–Crippen MR) is 72.5 cm³/mol. The monoisotopic (exact) mass is 254 g/mol. The van der Waals surface area contributed by atoms with Gasteiger partial charge in [-0.3, -0.25) is 0 Å². The zero-order valence-corrected chi connectivity index (χ0v) is 10.8. The first-order valence-electron chi connectivity index (χ1n) is 6.05. The minimum Gasteiger partial charge on any atom is -0.397 e. The fourth-order valence-electron chi connectivity index (χ4n) is 2.57. The average Bonchev–Trinajstić information content (AvgIpc) is 2.29. The van der Waals surface area contributed by atoms with Gasteiger partial charge in [-0.25, -0.2) is 0 Å². The van der Waals surface area contributed by atoms with Gasteiger partial charge in [0.05, 0.1) is 23.5 Å². The summed E-state index contributed by atoms with van der Waals surface area (Å²) in [6, 6.07) is 5.66. The molecule has 0 saturated heterocycles. The molecule has 0 aliphatic heterocycles. The van der Waals surface area contributed by atoms with Crippen LogP contribution in [0.3, 0.4) is 0 Å². The Kier molecular flexibility index (Phi) is 3.79. The Morgan fingerprint density at radius 3 is 2.71 bits per heavy atom. The van der Waals surface area contributed by atoms with Gasteiger partial charge in [-0.2, -0.15) is 0 Å². The third-order valence-corrected chi connectivity index (χ3v) is 3.80. The Bertz CT molecular complexity index is 397. The van der Waals surface area contributed by atoms with Crippen LogP contribution in [0.5, 0.6) is 0 Å². The average molecular weight is 255 g/mol. The highest BCUT2D eigenvalue weighted by atomic mass is 35.5. The van der Waals surface area contributed by atoms with Gasteiger partial charge in [0, 0.05) is 12.1 Å². The van der Waals surface area contributed by atoms with Gasteiger partial charge in [-0.1, -0.05) is 24.4 Å². The van der Waals surface area contributed by atoms with E-state index >= 15 is 0 Å². The maximum atomic E-state index is 10.0. The van der Waals surface area contributed by atoms with Gasteiger partial charge in [-0.15, -0.1) is 0 Å². The van der Waals surface area contributed by atoms with Crippen LogP contribution in [0, 0.1) is 0 Å². The van der Waals surface area contributed by atoms with Crippen molar-refractivity contribution in [3.05, 3.63) is 23.2 Å². The number of hydrogen-bond donors (Lipinski definition) is 2. The van der Waals surface area contributed by atoms with Crippen LogP contribution in [0.4, 0.5) is 11.4 Å². The molecule has 3 N–H and O–H groups in total. The molecule has 17 heavy (non-hydrogen) atoms. The van der Waals surface area contributed by atoms with Gasteiger partial charge in [0.1, 0.15) is 0 Å². The molecular weight excluding hydrogens is 236 g/mol. The van der Waals surface area contributed by atoms with E-state index in [1.54, 1.807) is 6.07 Å². The highest BCUT2D eigenvalue weighted by Crippen LogP contribution is 2.31. The molecule has 0 bridgehead atoms. The van der Waals surface area contributed by atoms with Gasteiger partial charge >= 0.3 is 0 Å². The fraction of sp³-hybridized carbons (Fsp3) is 0.538. The molecule has 1 saturated carbocycles. The number of nitrogens with zero attached hydrogens (tertiary/aromatic N) is 1. The summed E-state index contributed by atoms with van der Waals surface area (Å²) in [5.74, 6) is 0. The molecule has 0 spiro atoms. The molecule has 2 unspecified atom stereocenters. The summed E-state index contributed by atoms with van der Waals surface area (Å²) < 4.78 is 0. The first-order valence-corrected chi connectivity index (χ1v) is 6.43. The van der Waals surface area contributed by atoms with Crippen molar-refractivity contribution in [3.63, 3.8) is 0 Å². The predicted octanol–water partition coefficient (Wildman–Crippen LogP) is 2.66. The topological polar surface area (TPSA) is 49.5 Å². The molecule has 0 radical (unpaired) electrons. The van der Waals surface area contributed by atoms with Gasteiger partial charge in [0.25, 0.3) is 0 Å². The fourth-order valence-corrected chi connectivity index (χ4v) is 2.75. The van der Waals surface area contributed by atoms with Crippen molar-refractivity contribution in [2.75, 3.05) is 17.7 Å². The quantitative estimate of drug-likeness (QED) is 0.798. The number of nitrogens with two attached hydrogens (primary N) is 1. The SMILES string of the molecule is CN(c1ccc(Cl)cc1N)C1CCCCC1O. The first kappa shape index (κ1) is 12.5. The second-order valence-electron chi connectivity index (χ2n) is 4.73. The van der Waals surface area contributed by atoms with E-state index in [-0.39, 0.29) is 12.1 Å². The Labute approximate surface area is 107 Å². The molecule has 0 heterocycles. The van der Waals surface area contributed by atoms with Gasteiger partial charge < -0.3 is 15.7 Å². The number of benzene rings is 1. The van der Waals surface area contributed by atoms with Crippen LogP contribution < -0.4 is 10.6 Å². The zero-order chi connectivity index (χ0) is 12.4. The summed E-state index contributed by atoms with van der Waals surface area (Å²) in [4.78, 5) is 2.08. The van der Waals surface area contributed by atoms with Crippen molar-refractivity contribution in [2.24, 2.45) is 0 Å². The maximum absolute atomic E-state index is 10.0. The van der Waals surface area contributed by atoms with E-state index in [1.807, 2.05) is 19.2 Å². The second-order valence-corrected chi connectivity index (χ2v) is 5.17. The van der Waals surface area contributed by atoms with Crippen molar-refractivity contribution in [1.29, 1.82) is 0 Å². The van der Waals surface area contributed by atoms with E-state index in [0.29, 0.717) is 10.7 Å². The molecule has 1 aliphatic carbocycles. The zero-order valence-electron chi connectivity index (χ0n) is 10.1. The van der Waals surface area contributed by atoms with Crippen LogP contribution in [-0.2, 0) is 0 Å². The third-order valence-electron chi connectivity index (χ3n) is 3.56. The number of nitrogen functional groups attached to an aromatic ring is 1. The Hall–Kier alpha value is -0.930. The van der Waals surface area contributed by atoms with E-state index in [1.165, 1.54) is 6.42 Å². The number of likely N-dealkylation sites (N-methyl/N-ethyl adjacent to an activating group) is 1. The number of rotatable bonds is 2. The summed E-state index contributed by atoms with van der Waals surface area (Å²) >= 11 is 5.89. The lowest BCUT2D eigenvalue weighted by Gasteiger charge is -2.37. The minimum absolute atomic E-state index is 0.159. The van der Waals surface area contributed by atoms with E-state index in [0.717, 1.165) is 24.9 Å². The molecule has 1 aromatic carbocycles. The minimum atomic E-state index is -0.260. The van der Waals surface area contributed by atoms with E-state index in [2.05, 4.69) is 4.90 Å². The highest BCUT2D eigenvalue weighted by molar-refractivity contribution is 6.31.